The quantitative estimate of drug-likeness (QED) is 0.754. The van der Waals surface area contributed by atoms with Crippen LogP contribution in [0.5, 0.6) is 0 Å². The van der Waals surface area contributed by atoms with Crippen LogP contribution < -0.4 is 0 Å². The van der Waals surface area contributed by atoms with Crippen LogP contribution >= 0.6 is 0 Å². The van der Waals surface area contributed by atoms with E-state index >= 15 is 0 Å². The van der Waals surface area contributed by atoms with Crippen molar-refractivity contribution in [2.45, 2.75) is 32.1 Å². The molecule has 0 aliphatic rings. The van der Waals surface area contributed by atoms with Crippen molar-refractivity contribution in [2.75, 3.05) is 13.6 Å². The maximum absolute atomic E-state index is 12.4. The Labute approximate surface area is 115 Å². The zero-order chi connectivity index (χ0) is 14.6. The van der Waals surface area contributed by atoms with Crippen molar-refractivity contribution in [3.05, 3.63) is 29.8 Å². The number of hydrogen-bond donors (Lipinski definition) is 0. The number of rotatable bonds is 6. The Morgan fingerprint density at radius 2 is 2.00 bits per heavy atom. The summed E-state index contributed by atoms with van der Waals surface area (Å²) < 4.78 is 26.1. The predicted molar refractivity (Wildman–Crippen MR) is 75.7 cm³/mol. The molecule has 5 heteroatoms. The van der Waals surface area contributed by atoms with Crippen LogP contribution in [0.4, 0.5) is 0 Å². The number of sulfonamides is 1. The minimum atomic E-state index is -3.52. The molecule has 0 saturated carbocycles. The van der Waals surface area contributed by atoms with Gasteiger partial charge in [-0.2, -0.15) is 0 Å². The summed E-state index contributed by atoms with van der Waals surface area (Å²) in [5.74, 6) is 0.164. The number of ketones is 1. The Morgan fingerprint density at radius 1 is 1.37 bits per heavy atom. The third-order valence-electron chi connectivity index (χ3n) is 3.21. The van der Waals surface area contributed by atoms with Crippen LogP contribution in [-0.2, 0) is 10.0 Å². The molecule has 1 aromatic carbocycles. The largest absolute Gasteiger partial charge is 0.295 e. The molecule has 0 fully saturated rings. The lowest BCUT2D eigenvalue weighted by atomic mass is 10.1. The van der Waals surface area contributed by atoms with Crippen molar-refractivity contribution in [1.29, 1.82) is 0 Å². The highest BCUT2D eigenvalue weighted by atomic mass is 32.2. The molecule has 1 rings (SSSR count). The predicted octanol–water partition coefficient (Wildman–Crippen LogP) is 2.56. The summed E-state index contributed by atoms with van der Waals surface area (Å²) in [5, 5.41) is 0. The van der Waals surface area contributed by atoms with Gasteiger partial charge in [0.25, 0.3) is 0 Å². The lowest BCUT2D eigenvalue weighted by Gasteiger charge is -2.20. The first kappa shape index (κ1) is 15.9. The average Bonchev–Trinajstić information content (AvgIpc) is 2.38. The normalized spacial score (nSPS) is 13.5. The summed E-state index contributed by atoms with van der Waals surface area (Å²) in [5.41, 5.74) is 0.415. The SMILES string of the molecule is CCC(C)CN(C)S(=O)(=O)c1cccc(C(C)=O)c1. The van der Waals surface area contributed by atoms with Crippen LogP contribution in [0.1, 0.15) is 37.6 Å². The number of Topliss-reactive ketones (excluding diaryl/α,β-unsaturated/α-hetero) is 1. The highest BCUT2D eigenvalue weighted by Crippen LogP contribution is 2.18. The van der Waals surface area contributed by atoms with Crippen LogP contribution in [0.15, 0.2) is 29.2 Å². The van der Waals surface area contributed by atoms with Crippen LogP contribution in [0.25, 0.3) is 0 Å². The minimum absolute atomic E-state index is 0.137. The summed E-state index contributed by atoms with van der Waals surface area (Å²) in [4.78, 5) is 11.5. The van der Waals surface area contributed by atoms with E-state index in [4.69, 9.17) is 0 Å². The summed E-state index contributed by atoms with van der Waals surface area (Å²) in [6.45, 7) is 5.94. The van der Waals surface area contributed by atoms with E-state index in [9.17, 15) is 13.2 Å². The third kappa shape index (κ3) is 3.88. The molecule has 0 saturated heterocycles. The highest BCUT2D eigenvalue weighted by molar-refractivity contribution is 7.89. The second kappa shape index (κ2) is 6.30. The lowest BCUT2D eigenvalue weighted by Crippen LogP contribution is -2.31. The van der Waals surface area contributed by atoms with Gasteiger partial charge in [-0.05, 0) is 25.0 Å². The van der Waals surface area contributed by atoms with E-state index in [1.807, 2.05) is 13.8 Å². The molecule has 0 aliphatic carbocycles. The fraction of sp³-hybridized carbons (Fsp3) is 0.500. The standard InChI is InChI=1S/C14H21NO3S/c1-5-11(2)10-15(4)19(17,18)14-8-6-7-13(9-14)12(3)16/h6-9,11H,5,10H2,1-4H3. The van der Waals surface area contributed by atoms with Gasteiger partial charge in [-0.3, -0.25) is 4.79 Å². The Balaban J connectivity index is 3.06. The molecule has 0 aromatic heterocycles. The fourth-order valence-corrected chi connectivity index (χ4v) is 3.06. The molecule has 19 heavy (non-hydrogen) atoms. The van der Waals surface area contributed by atoms with Crippen molar-refractivity contribution in [1.82, 2.24) is 4.31 Å². The molecule has 0 radical (unpaired) electrons. The highest BCUT2D eigenvalue weighted by Gasteiger charge is 2.22. The van der Waals surface area contributed by atoms with Gasteiger partial charge in [0.2, 0.25) is 10.0 Å². The molecule has 4 nitrogen and oxygen atoms in total. The van der Waals surface area contributed by atoms with E-state index in [0.717, 1.165) is 6.42 Å². The van der Waals surface area contributed by atoms with Crippen LogP contribution in [0, 0.1) is 5.92 Å². The van der Waals surface area contributed by atoms with Gasteiger partial charge in [0.05, 0.1) is 4.90 Å². The monoisotopic (exact) mass is 283 g/mol. The van der Waals surface area contributed by atoms with Crippen LogP contribution in [0.2, 0.25) is 0 Å². The van der Waals surface area contributed by atoms with E-state index < -0.39 is 10.0 Å². The zero-order valence-electron chi connectivity index (χ0n) is 11.9. The molecule has 0 bridgehead atoms. The van der Waals surface area contributed by atoms with Gasteiger partial charge in [-0.25, -0.2) is 12.7 Å². The second-order valence-electron chi connectivity index (χ2n) is 4.88. The van der Waals surface area contributed by atoms with Crippen LogP contribution in [-0.4, -0.2) is 32.1 Å². The number of carbonyl (C=O) groups is 1. The van der Waals surface area contributed by atoms with Crippen molar-refractivity contribution >= 4 is 15.8 Å². The summed E-state index contributed by atoms with van der Waals surface area (Å²) in [6.07, 6.45) is 0.924. The lowest BCUT2D eigenvalue weighted by molar-refractivity contribution is 0.101. The number of hydrogen-bond acceptors (Lipinski definition) is 3. The Bertz CT molecular complexity index is 552. The molecule has 0 N–H and O–H groups in total. The van der Waals surface area contributed by atoms with E-state index in [1.54, 1.807) is 19.2 Å². The van der Waals surface area contributed by atoms with Crippen molar-refractivity contribution in [3.63, 3.8) is 0 Å². The second-order valence-corrected chi connectivity index (χ2v) is 6.93. The van der Waals surface area contributed by atoms with Crippen LogP contribution in [0.3, 0.4) is 0 Å². The molecule has 106 valence electrons. The number of carbonyl (C=O) groups excluding carboxylic acids is 1. The average molecular weight is 283 g/mol. The first-order valence-electron chi connectivity index (χ1n) is 6.36. The van der Waals surface area contributed by atoms with Gasteiger partial charge in [0, 0.05) is 19.2 Å². The molecule has 0 spiro atoms. The number of benzene rings is 1. The zero-order valence-corrected chi connectivity index (χ0v) is 12.7. The molecule has 0 aliphatic heterocycles. The first-order valence-corrected chi connectivity index (χ1v) is 7.80. The van der Waals surface area contributed by atoms with Gasteiger partial charge in [0.15, 0.2) is 5.78 Å². The maximum atomic E-state index is 12.4. The summed E-state index contributed by atoms with van der Waals surface area (Å²) in [7, 11) is -1.95. The van der Waals surface area contributed by atoms with Gasteiger partial charge in [-0.1, -0.05) is 32.4 Å². The molecular formula is C14H21NO3S. The molecule has 1 atom stereocenters. The minimum Gasteiger partial charge on any atom is -0.295 e. The topological polar surface area (TPSA) is 54.5 Å². The Hall–Kier alpha value is -1.20. The van der Waals surface area contributed by atoms with E-state index in [0.29, 0.717) is 18.0 Å². The van der Waals surface area contributed by atoms with E-state index in [2.05, 4.69) is 0 Å². The van der Waals surface area contributed by atoms with Crippen molar-refractivity contribution in [3.8, 4) is 0 Å². The molecule has 1 aromatic rings. The third-order valence-corrected chi connectivity index (χ3v) is 5.03. The maximum Gasteiger partial charge on any atom is 0.242 e. The Kier molecular flexibility index (Phi) is 5.26. The van der Waals surface area contributed by atoms with E-state index in [-0.39, 0.29) is 10.7 Å². The Morgan fingerprint density at radius 3 is 2.53 bits per heavy atom. The molecule has 1 unspecified atom stereocenters. The summed E-state index contributed by atoms with van der Waals surface area (Å²) >= 11 is 0. The van der Waals surface area contributed by atoms with Gasteiger partial charge < -0.3 is 0 Å². The summed E-state index contributed by atoms with van der Waals surface area (Å²) in [6, 6.07) is 6.18. The number of nitrogens with zero attached hydrogens (tertiary/aromatic N) is 1. The fourth-order valence-electron chi connectivity index (χ4n) is 1.72. The molecule has 0 heterocycles. The van der Waals surface area contributed by atoms with Crippen molar-refractivity contribution in [2.24, 2.45) is 5.92 Å². The van der Waals surface area contributed by atoms with Gasteiger partial charge >= 0.3 is 0 Å². The first-order chi connectivity index (χ1) is 8.78. The van der Waals surface area contributed by atoms with Gasteiger partial charge in [-0.15, -0.1) is 0 Å². The van der Waals surface area contributed by atoms with Crippen molar-refractivity contribution < 1.29 is 13.2 Å². The molecule has 0 amide bonds. The van der Waals surface area contributed by atoms with Gasteiger partial charge in [0.1, 0.15) is 0 Å². The molecular weight excluding hydrogens is 262 g/mol. The van der Waals surface area contributed by atoms with E-state index in [1.165, 1.54) is 23.4 Å². The smallest absolute Gasteiger partial charge is 0.242 e.